The molecule has 0 aliphatic heterocycles. The van der Waals surface area contributed by atoms with Gasteiger partial charge in [0.2, 0.25) is 5.78 Å². The number of carbonyl (C=O) groups excluding carboxylic acids is 3. The third-order valence-electron chi connectivity index (χ3n) is 3.86. The van der Waals surface area contributed by atoms with E-state index >= 15 is 0 Å². The third-order valence-corrected chi connectivity index (χ3v) is 4.86. The van der Waals surface area contributed by atoms with E-state index in [-0.39, 0.29) is 12.3 Å². The molecule has 134 valence electrons. The van der Waals surface area contributed by atoms with Crippen LogP contribution in [-0.4, -0.2) is 35.4 Å². The van der Waals surface area contributed by atoms with E-state index in [1.807, 2.05) is 13.0 Å². The van der Waals surface area contributed by atoms with Crippen molar-refractivity contribution in [1.82, 2.24) is 4.98 Å². The smallest absolute Gasteiger partial charge is 0.349 e. The Labute approximate surface area is 150 Å². The zero-order valence-corrected chi connectivity index (χ0v) is 15.7. The number of aromatic amines is 1. The summed E-state index contributed by atoms with van der Waals surface area (Å²) in [5.74, 6) is -1.40. The summed E-state index contributed by atoms with van der Waals surface area (Å²) in [6.07, 6.45) is -0.971. The molecule has 2 heterocycles. The molecule has 0 saturated carbocycles. The molecule has 0 aliphatic carbocycles. The summed E-state index contributed by atoms with van der Waals surface area (Å²) in [4.78, 5) is 40.2. The number of H-pyrrole nitrogens is 1. The van der Waals surface area contributed by atoms with Gasteiger partial charge in [0.25, 0.3) is 0 Å². The second-order valence-electron chi connectivity index (χ2n) is 5.69. The van der Waals surface area contributed by atoms with Crippen molar-refractivity contribution in [2.24, 2.45) is 0 Å². The Bertz CT molecular complexity index is 818. The van der Waals surface area contributed by atoms with Crippen LogP contribution < -0.4 is 0 Å². The predicted molar refractivity (Wildman–Crippen MR) is 94.5 cm³/mol. The molecule has 0 amide bonds. The van der Waals surface area contributed by atoms with Gasteiger partial charge < -0.3 is 14.5 Å². The average Bonchev–Trinajstić information content (AvgIpc) is 3.10. The minimum atomic E-state index is -0.971. The van der Waals surface area contributed by atoms with Crippen molar-refractivity contribution >= 4 is 29.1 Å². The van der Waals surface area contributed by atoms with Crippen LogP contribution >= 0.6 is 11.3 Å². The number of carbonyl (C=O) groups is 3. The molecule has 0 unspecified atom stereocenters. The molecule has 0 radical (unpaired) electrons. The Morgan fingerprint density at radius 3 is 2.44 bits per heavy atom. The van der Waals surface area contributed by atoms with Crippen molar-refractivity contribution in [2.75, 3.05) is 6.61 Å². The third kappa shape index (κ3) is 3.82. The molecule has 0 saturated heterocycles. The quantitative estimate of drug-likeness (QED) is 0.626. The van der Waals surface area contributed by atoms with Crippen molar-refractivity contribution < 1.29 is 23.9 Å². The fourth-order valence-corrected chi connectivity index (χ4v) is 3.37. The number of aryl methyl sites for hydroxylation is 2. The summed E-state index contributed by atoms with van der Waals surface area (Å²) < 4.78 is 10.3. The molecule has 7 heteroatoms. The maximum absolute atomic E-state index is 12.6. The number of esters is 2. The number of hydrogen-bond donors (Lipinski definition) is 1. The van der Waals surface area contributed by atoms with Gasteiger partial charge in [-0.2, -0.15) is 0 Å². The van der Waals surface area contributed by atoms with E-state index in [4.69, 9.17) is 9.47 Å². The molecule has 0 fully saturated rings. The molecule has 0 aliphatic rings. The van der Waals surface area contributed by atoms with E-state index in [0.717, 1.165) is 5.56 Å². The van der Waals surface area contributed by atoms with Gasteiger partial charge in [-0.25, -0.2) is 9.59 Å². The van der Waals surface area contributed by atoms with Crippen molar-refractivity contribution in [3.63, 3.8) is 0 Å². The number of nitrogens with one attached hydrogen (secondary N) is 1. The first-order valence-electron chi connectivity index (χ1n) is 7.93. The average molecular weight is 363 g/mol. The van der Waals surface area contributed by atoms with Crippen LogP contribution in [0.2, 0.25) is 0 Å². The van der Waals surface area contributed by atoms with Crippen LogP contribution in [0, 0.1) is 20.8 Å². The van der Waals surface area contributed by atoms with Crippen LogP contribution in [0.3, 0.4) is 0 Å². The fourth-order valence-electron chi connectivity index (χ4n) is 2.56. The standard InChI is InChI=1S/C18H21NO5S/c1-6-23-17(21)13-10(3)14(19-11(13)4)15(20)12(5)24-18(22)16-9(2)7-8-25-16/h7-8,12,19H,6H2,1-5H3/t12-/m1/s1. The molecule has 1 atom stereocenters. The van der Waals surface area contributed by atoms with E-state index in [1.54, 1.807) is 26.2 Å². The second-order valence-corrected chi connectivity index (χ2v) is 6.61. The van der Waals surface area contributed by atoms with E-state index in [9.17, 15) is 14.4 Å². The summed E-state index contributed by atoms with van der Waals surface area (Å²) in [5, 5.41) is 1.79. The highest BCUT2D eigenvalue weighted by atomic mass is 32.1. The van der Waals surface area contributed by atoms with Gasteiger partial charge in [0.1, 0.15) is 4.88 Å². The number of ketones is 1. The Balaban J connectivity index is 2.20. The van der Waals surface area contributed by atoms with E-state index in [1.165, 1.54) is 18.3 Å². The molecular formula is C18H21NO5S. The molecule has 6 nitrogen and oxygen atoms in total. The van der Waals surface area contributed by atoms with E-state index in [0.29, 0.717) is 21.7 Å². The summed E-state index contributed by atoms with van der Waals surface area (Å²) in [6, 6.07) is 1.82. The molecule has 0 aromatic carbocycles. The van der Waals surface area contributed by atoms with Crippen molar-refractivity contribution in [3.05, 3.63) is 44.4 Å². The number of rotatable bonds is 6. The van der Waals surface area contributed by atoms with Crippen molar-refractivity contribution in [2.45, 2.75) is 40.7 Å². The molecule has 0 spiro atoms. The van der Waals surface area contributed by atoms with E-state index < -0.39 is 23.8 Å². The number of ether oxygens (including phenoxy) is 2. The van der Waals surface area contributed by atoms with Gasteiger partial charge in [0, 0.05) is 5.69 Å². The molecule has 2 aromatic heterocycles. The van der Waals surface area contributed by atoms with Gasteiger partial charge in [-0.3, -0.25) is 4.79 Å². The lowest BCUT2D eigenvalue weighted by Gasteiger charge is -2.12. The van der Waals surface area contributed by atoms with Crippen LogP contribution in [0.15, 0.2) is 11.4 Å². The number of thiophene rings is 1. The zero-order valence-electron chi connectivity index (χ0n) is 14.9. The molecular weight excluding hydrogens is 342 g/mol. The van der Waals surface area contributed by atoms with Crippen LogP contribution in [-0.2, 0) is 9.47 Å². The molecule has 0 bridgehead atoms. The number of hydrogen-bond acceptors (Lipinski definition) is 6. The van der Waals surface area contributed by atoms with Gasteiger partial charge in [0.15, 0.2) is 6.10 Å². The highest BCUT2D eigenvalue weighted by Crippen LogP contribution is 2.22. The summed E-state index contributed by atoms with van der Waals surface area (Å²) in [5.41, 5.74) is 2.45. The highest BCUT2D eigenvalue weighted by molar-refractivity contribution is 7.12. The number of Topliss-reactive ketones (excluding diaryl/α,β-unsaturated/α-hetero) is 1. The molecule has 25 heavy (non-hydrogen) atoms. The summed E-state index contributed by atoms with van der Waals surface area (Å²) >= 11 is 1.27. The Morgan fingerprint density at radius 1 is 1.20 bits per heavy atom. The van der Waals surface area contributed by atoms with E-state index in [2.05, 4.69) is 4.98 Å². The fraction of sp³-hybridized carbons (Fsp3) is 0.389. The second kappa shape index (κ2) is 7.65. The predicted octanol–water partition coefficient (Wildman–Crippen LogP) is 3.61. The first kappa shape index (κ1) is 18.9. The summed E-state index contributed by atoms with van der Waals surface area (Å²) in [6.45, 7) is 8.66. The van der Waals surface area contributed by atoms with Crippen LogP contribution in [0.4, 0.5) is 0 Å². The molecule has 1 N–H and O–H groups in total. The van der Waals surface area contributed by atoms with Gasteiger partial charge in [0.05, 0.1) is 17.9 Å². The SMILES string of the molecule is CCOC(=O)c1c(C)[nH]c(C(=O)[C@@H](C)OC(=O)c2sccc2C)c1C. The van der Waals surface area contributed by atoms with Gasteiger partial charge in [-0.15, -0.1) is 11.3 Å². The van der Waals surface area contributed by atoms with Crippen molar-refractivity contribution in [3.8, 4) is 0 Å². The topological polar surface area (TPSA) is 85.5 Å². The Kier molecular flexibility index (Phi) is 5.79. The van der Waals surface area contributed by atoms with Crippen LogP contribution in [0.1, 0.15) is 61.2 Å². The molecule has 2 aromatic rings. The van der Waals surface area contributed by atoms with Crippen LogP contribution in [0.5, 0.6) is 0 Å². The first-order chi connectivity index (χ1) is 11.8. The van der Waals surface area contributed by atoms with Gasteiger partial charge >= 0.3 is 11.9 Å². The zero-order chi connectivity index (χ0) is 18.7. The van der Waals surface area contributed by atoms with Gasteiger partial charge in [-0.05, 0) is 57.2 Å². The maximum Gasteiger partial charge on any atom is 0.349 e. The lowest BCUT2D eigenvalue weighted by molar-refractivity contribution is 0.0320. The Morgan fingerprint density at radius 2 is 1.88 bits per heavy atom. The lowest BCUT2D eigenvalue weighted by Crippen LogP contribution is -2.25. The van der Waals surface area contributed by atoms with Gasteiger partial charge in [-0.1, -0.05) is 0 Å². The highest BCUT2D eigenvalue weighted by Gasteiger charge is 2.28. The monoisotopic (exact) mass is 363 g/mol. The molecule has 2 rings (SSSR count). The number of aromatic nitrogens is 1. The van der Waals surface area contributed by atoms with Crippen LogP contribution in [0.25, 0.3) is 0 Å². The largest absolute Gasteiger partial charge is 0.462 e. The maximum atomic E-state index is 12.6. The van der Waals surface area contributed by atoms with Crippen molar-refractivity contribution in [1.29, 1.82) is 0 Å². The first-order valence-corrected chi connectivity index (χ1v) is 8.81. The lowest BCUT2D eigenvalue weighted by atomic mass is 10.1. The summed E-state index contributed by atoms with van der Waals surface area (Å²) in [7, 11) is 0. The minimum Gasteiger partial charge on any atom is -0.462 e. The Hall–Kier alpha value is -2.41. The normalized spacial score (nSPS) is 11.9. The minimum absolute atomic E-state index is 0.250.